The molecule has 38 heavy (non-hydrogen) atoms. The molecule has 2 unspecified atom stereocenters. The van der Waals surface area contributed by atoms with Crippen molar-refractivity contribution in [2.75, 3.05) is 4.90 Å². The van der Waals surface area contributed by atoms with Crippen LogP contribution in [0, 0.1) is 6.92 Å². The molecule has 0 bridgehead atoms. The number of anilines is 1. The fourth-order valence-electron chi connectivity index (χ4n) is 5.08. The number of aromatic nitrogens is 1. The molecule has 1 aliphatic heterocycles. The van der Waals surface area contributed by atoms with Gasteiger partial charge in [-0.2, -0.15) is 0 Å². The highest BCUT2D eigenvalue weighted by atomic mass is 32.2. The monoisotopic (exact) mass is 531 g/mol. The summed E-state index contributed by atoms with van der Waals surface area (Å²) in [6.45, 7) is 5.60. The molecule has 0 fully saturated rings. The Morgan fingerprint density at radius 1 is 1.00 bits per heavy atom. The lowest BCUT2D eigenvalue weighted by Gasteiger charge is -2.38. The first kappa shape index (κ1) is 25.5. The predicted molar refractivity (Wildman–Crippen MR) is 145 cm³/mol. The molecule has 0 aliphatic carbocycles. The zero-order chi connectivity index (χ0) is 27.0. The average Bonchev–Trinajstić information content (AvgIpc) is 3.33. The number of amides is 2. The molecule has 5 rings (SSSR count). The number of carbonyl (C=O) groups is 2. The number of aryl methyl sites for hydroxylation is 1. The Morgan fingerprint density at radius 3 is 2.39 bits per heavy atom. The maximum Gasteiger partial charge on any atom is 0.408 e. The van der Waals surface area contributed by atoms with Gasteiger partial charge in [0.25, 0.3) is 10.0 Å². The van der Waals surface area contributed by atoms with Gasteiger partial charge >= 0.3 is 6.09 Å². The number of rotatable bonds is 5. The van der Waals surface area contributed by atoms with Crippen LogP contribution in [0.4, 0.5) is 10.5 Å². The maximum absolute atomic E-state index is 13.5. The molecule has 0 radical (unpaired) electrons. The maximum atomic E-state index is 13.5. The molecule has 196 valence electrons. The Bertz CT molecular complexity index is 1610. The summed E-state index contributed by atoms with van der Waals surface area (Å²) in [7, 11) is -3.87. The zero-order valence-corrected chi connectivity index (χ0v) is 22.2. The molecule has 9 heteroatoms. The van der Waals surface area contributed by atoms with E-state index in [0.717, 1.165) is 11.1 Å². The van der Waals surface area contributed by atoms with Gasteiger partial charge in [0.15, 0.2) is 0 Å². The molecule has 1 aromatic heterocycles. The van der Waals surface area contributed by atoms with Crippen molar-refractivity contribution in [1.29, 1.82) is 0 Å². The summed E-state index contributed by atoms with van der Waals surface area (Å²) >= 11 is 0. The molecule has 1 aliphatic rings. The van der Waals surface area contributed by atoms with Crippen LogP contribution in [0.3, 0.4) is 0 Å². The molecule has 8 nitrogen and oxygen atoms in total. The van der Waals surface area contributed by atoms with Crippen molar-refractivity contribution >= 4 is 38.6 Å². The second-order valence-electron chi connectivity index (χ2n) is 9.57. The van der Waals surface area contributed by atoms with Crippen LogP contribution < -0.4 is 10.2 Å². The number of hydrogen-bond acceptors (Lipinski definition) is 5. The molecule has 4 aromatic rings. The largest absolute Gasteiger partial charge is 0.441 e. The normalized spacial score (nSPS) is 17.2. The van der Waals surface area contributed by atoms with E-state index in [1.165, 1.54) is 17.1 Å². The number of hydrogen-bond donors (Lipinski definition) is 1. The van der Waals surface area contributed by atoms with E-state index in [4.69, 9.17) is 4.74 Å². The fraction of sp³-hybridized carbons (Fsp3) is 0.241. The van der Waals surface area contributed by atoms with Gasteiger partial charge in [0.05, 0.1) is 16.1 Å². The van der Waals surface area contributed by atoms with Crippen molar-refractivity contribution in [1.82, 2.24) is 9.29 Å². The van der Waals surface area contributed by atoms with Crippen molar-refractivity contribution < 1.29 is 22.7 Å². The fourth-order valence-corrected chi connectivity index (χ4v) is 6.43. The third-order valence-corrected chi connectivity index (χ3v) is 8.58. The molecular weight excluding hydrogens is 502 g/mol. The number of carbonyl (C=O) groups excluding carboxylic acids is 2. The van der Waals surface area contributed by atoms with E-state index in [-0.39, 0.29) is 16.8 Å². The van der Waals surface area contributed by atoms with Crippen LogP contribution in [-0.2, 0) is 26.1 Å². The second kappa shape index (κ2) is 9.98. The van der Waals surface area contributed by atoms with Crippen molar-refractivity contribution in [3.05, 3.63) is 95.7 Å². The first-order valence-electron chi connectivity index (χ1n) is 12.4. The first-order valence-corrected chi connectivity index (χ1v) is 13.8. The second-order valence-corrected chi connectivity index (χ2v) is 11.4. The molecule has 0 saturated carbocycles. The molecule has 0 saturated heterocycles. The molecule has 2 heterocycles. The van der Waals surface area contributed by atoms with E-state index in [1.807, 2.05) is 44.2 Å². The lowest BCUT2D eigenvalue weighted by Crippen LogP contribution is -2.43. The number of benzene rings is 3. The number of ether oxygens (including phenoxy) is 1. The van der Waals surface area contributed by atoms with E-state index in [1.54, 1.807) is 47.4 Å². The van der Waals surface area contributed by atoms with E-state index in [9.17, 15) is 18.0 Å². The average molecular weight is 532 g/mol. The van der Waals surface area contributed by atoms with Crippen molar-refractivity contribution in [2.24, 2.45) is 0 Å². The Kier molecular flexibility index (Phi) is 6.71. The molecule has 2 amide bonds. The minimum Gasteiger partial charge on any atom is -0.441 e. The molecule has 0 spiro atoms. The van der Waals surface area contributed by atoms with Crippen LogP contribution in [-0.4, -0.2) is 30.4 Å². The van der Waals surface area contributed by atoms with Crippen LogP contribution in [0.2, 0.25) is 0 Å². The highest BCUT2D eigenvalue weighted by Crippen LogP contribution is 2.44. The van der Waals surface area contributed by atoms with Crippen molar-refractivity contribution in [3.63, 3.8) is 0 Å². The molecular formula is C29H29N3O5S. The minimum atomic E-state index is -3.87. The van der Waals surface area contributed by atoms with Gasteiger partial charge in [-0.25, -0.2) is 17.2 Å². The summed E-state index contributed by atoms with van der Waals surface area (Å²) in [5.41, 5.74) is 3.56. The third kappa shape index (κ3) is 4.65. The summed E-state index contributed by atoms with van der Waals surface area (Å²) in [6.07, 6.45) is 0.619. The van der Waals surface area contributed by atoms with Gasteiger partial charge in [0, 0.05) is 43.1 Å². The molecule has 2 atom stereocenters. The summed E-state index contributed by atoms with van der Waals surface area (Å²) in [5.74, 6) is -0.142. The first-order chi connectivity index (χ1) is 18.2. The van der Waals surface area contributed by atoms with Gasteiger partial charge in [-0.15, -0.1) is 0 Å². The van der Waals surface area contributed by atoms with Crippen LogP contribution in [0.25, 0.3) is 10.9 Å². The topological polar surface area (TPSA) is 97.7 Å². The smallest absolute Gasteiger partial charge is 0.408 e. The Hall–Kier alpha value is -4.11. The number of nitrogens with zero attached hydrogens (tertiary/aromatic N) is 2. The lowest BCUT2D eigenvalue weighted by atomic mass is 9.91. The van der Waals surface area contributed by atoms with Gasteiger partial charge in [-0.05, 0) is 49.7 Å². The van der Waals surface area contributed by atoms with Crippen molar-refractivity contribution in [3.8, 4) is 0 Å². The van der Waals surface area contributed by atoms with Crippen molar-refractivity contribution in [2.45, 2.75) is 50.8 Å². The minimum absolute atomic E-state index is 0.142. The van der Waals surface area contributed by atoms with E-state index in [0.29, 0.717) is 35.1 Å². The van der Waals surface area contributed by atoms with E-state index < -0.39 is 22.2 Å². The van der Waals surface area contributed by atoms with Gasteiger partial charge < -0.3 is 15.0 Å². The standard InChI is InChI=1S/C29H29N3O5S/c1-19-9-11-23(12-10-19)38(35,36)31-16-15-24-25(31)13-14-26-28(24)27(17-20(2)32(26)21(3)33)37-29(34)30-18-22-7-5-4-6-8-22/h4-16,20,27H,17-18H2,1-3H3,(H,30,34). The number of nitrogens with one attached hydrogen (secondary N) is 1. The summed E-state index contributed by atoms with van der Waals surface area (Å²) in [6, 6.07) is 21.1. The van der Waals surface area contributed by atoms with Gasteiger partial charge in [-0.1, -0.05) is 48.0 Å². The quantitative estimate of drug-likeness (QED) is 0.377. The Balaban J connectivity index is 1.54. The van der Waals surface area contributed by atoms with Crippen LogP contribution in [0.15, 0.2) is 83.9 Å². The lowest BCUT2D eigenvalue weighted by molar-refractivity contribution is -0.117. The summed E-state index contributed by atoms with van der Waals surface area (Å²) in [4.78, 5) is 27.2. The SMILES string of the molecule is CC(=O)N1c2ccc3c(ccn3S(=O)(=O)c3ccc(C)cc3)c2C(OC(=O)NCc2ccccc2)CC1C. The van der Waals surface area contributed by atoms with Gasteiger partial charge in [0.1, 0.15) is 6.10 Å². The number of alkyl carbamates (subject to hydrolysis) is 1. The third-order valence-electron chi connectivity index (χ3n) is 6.88. The van der Waals surface area contributed by atoms with Gasteiger partial charge in [-0.3, -0.25) is 4.79 Å². The summed E-state index contributed by atoms with van der Waals surface area (Å²) in [5, 5.41) is 3.40. The van der Waals surface area contributed by atoms with Crippen LogP contribution in [0.1, 0.15) is 43.1 Å². The van der Waals surface area contributed by atoms with E-state index in [2.05, 4.69) is 5.32 Å². The number of fused-ring (bicyclic) bond motifs is 3. The Morgan fingerprint density at radius 2 is 1.71 bits per heavy atom. The highest BCUT2D eigenvalue weighted by molar-refractivity contribution is 7.90. The highest BCUT2D eigenvalue weighted by Gasteiger charge is 2.36. The van der Waals surface area contributed by atoms with Crippen LogP contribution in [0.5, 0.6) is 0 Å². The van der Waals surface area contributed by atoms with Crippen LogP contribution >= 0.6 is 0 Å². The molecule has 1 N–H and O–H groups in total. The molecule has 3 aromatic carbocycles. The van der Waals surface area contributed by atoms with E-state index >= 15 is 0 Å². The zero-order valence-electron chi connectivity index (χ0n) is 21.4. The Labute approximate surface area is 221 Å². The predicted octanol–water partition coefficient (Wildman–Crippen LogP) is 5.30. The summed E-state index contributed by atoms with van der Waals surface area (Å²) < 4.78 is 34.1. The van der Waals surface area contributed by atoms with Gasteiger partial charge in [0.2, 0.25) is 5.91 Å².